The number of nitriles is 1. The number of aromatic nitrogens is 1. The van der Waals surface area contributed by atoms with Gasteiger partial charge in [0.05, 0.1) is 5.56 Å². The minimum absolute atomic E-state index is 0.0227. The second-order valence-corrected chi connectivity index (χ2v) is 5.34. The third-order valence-corrected chi connectivity index (χ3v) is 3.68. The first-order valence-corrected chi connectivity index (χ1v) is 6.69. The molecule has 0 aliphatic heterocycles. The summed E-state index contributed by atoms with van der Waals surface area (Å²) in [6.07, 6.45) is 0. The Morgan fingerprint density at radius 3 is 2.65 bits per heavy atom. The highest BCUT2D eigenvalue weighted by molar-refractivity contribution is 14.1. The fourth-order valence-corrected chi connectivity index (χ4v) is 2.63. The molecular formula is C14H9IN2O3. The van der Waals surface area contributed by atoms with Crippen molar-refractivity contribution in [1.82, 2.24) is 4.98 Å². The number of aryl methyl sites for hydroxylation is 1. The topological polar surface area (TPSA) is 93.9 Å². The van der Waals surface area contributed by atoms with Crippen LogP contribution < -0.4 is 5.56 Å². The molecule has 0 saturated heterocycles. The van der Waals surface area contributed by atoms with Gasteiger partial charge in [0.25, 0.3) is 5.56 Å². The number of carboxylic acid groups (broad SMARTS) is 1. The number of benzene rings is 1. The SMILES string of the molecule is Cc1cc(-c2ccc(C(=O)O)c(I)c2)c(C#N)c(=O)[nH]1. The Hall–Kier alpha value is -2.14. The quantitative estimate of drug-likeness (QED) is 0.783. The molecule has 0 unspecified atom stereocenters. The zero-order valence-corrected chi connectivity index (χ0v) is 12.6. The van der Waals surface area contributed by atoms with E-state index < -0.39 is 11.5 Å². The summed E-state index contributed by atoms with van der Waals surface area (Å²) in [5.41, 5.74) is 1.55. The van der Waals surface area contributed by atoms with Crippen molar-refractivity contribution in [1.29, 1.82) is 5.26 Å². The van der Waals surface area contributed by atoms with Crippen molar-refractivity contribution in [2.45, 2.75) is 6.92 Å². The normalized spacial score (nSPS) is 10.1. The Balaban J connectivity index is 2.70. The Labute approximate surface area is 128 Å². The van der Waals surface area contributed by atoms with Crippen LogP contribution in [-0.4, -0.2) is 16.1 Å². The van der Waals surface area contributed by atoms with Crippen LogP contribution in [0.3, 0.4) is 0 Å². The van der Waals surface area contributed by atoms with Gasteiger partial charge in [-0.1, -0.05) is 6.07 Å². The molecule has 20 heavy (non-hydrogen) atoms. The van der Waals surface area contributed by atoms with Crippen LogP contribution in [0.1, 0.15) is 21.6 Å². The van der Waals surface area contributed by atoms with E-state index in [1.165, 1.54) is 6.07 Å². The molecule has 2 rings (SSSR count). The minimum Gasteiger partial charge on any atom is -0.478 e. The van der Waals surface area contributed by atoms with Crippen molar-refractivity contribution in [3.63, 3.8) is 0 Å². The molecule has 0 aliphatic rings. The van der Waals surface area contributed by atoms with Gasteiger partial charge in [-0.2, -0.15) is 5.26 Å². The highest BCUT2D eigenvalue weighted by Crippen LogP contribution is 2.25. The van der Waals surface area contributed by atoms with Crippen LogP contribution in [0.25, 0.3) is 11.1 Å². The smallest absolute Gasteiger partial charge is 0.336 e. The molecule has 0 bridgehead atoms. The fourth-order valence-electron chi connectivity index (χ4n) is 1.88. The number of H-pyrrole nitrogens is 1. The largest absolute Gasteiger partial charge is 0.478 e. The zero-order chi connectivity index (χ0) is 14.9. The molecule has 0 spiro atoms. The van der Waals surface area contributed by atoms with Crippen molar-refractivity contribution in [2.75, 3.05) is 0 Å². The number of aromatic carboxylic acids is 1. The summed E-state index contributed by atoms with van der Waals surface area (Å²) >= 11 is 1.92. The van der Waals surface area contributed by atoms with E-state index in [2.05, 4.69) is 4.98 Å². The standard InChI is InChI=1S/C14H9IN2O3/c1-7-4-10(11(6-16)13(18)17-7)8-2-3-9(14(19)20)12(15)5-8/h2-5H,1H3,(H,17,18)(H,19,20). The number of aromatic amines is 1. The van der Waals surface area contributed by atoms with E-state index in [9.17, 15) is 9.59 Å². The van der Waals surface area contributed by atoms with Crippen LogP contribution in [0.4, 0.5) is 0 Å². The van der Waals surface area contributed by atoms with Crippen LogP contribution in [-0.2, 0) is 0 Å². The van der Waals surface area contributed by atoms with Crippen LogP contribution in [0.2, 0.25) is 0 Å². The van der Waals surface area contributed by atoms with Crippen LogP contribution >= 0.6 is 22.6 Å². The molecule has 1 aromatic carbocycles. The van der Waals surface area contributed by atoms with Gasteiger partial charge in [0.2, 0.25) is 0 Å². The van der Waals surface area contributed by atoms with Crippen LogP contribution in [0.5, 0.6) is 0 Å². The van der Waals surface area contributed by atoms with Gasteiger partial charge in [0.15, 0.2) is 0 Å². The first-order chi connectivity index (χ1) is 9.43. The van der Waals surface area contributed by atoms with Gasteiger partial charge in [-0.15, -0.1) is 0 Å². The van der Waals surface area contributed by atoms with Gasteiger partial charge >= 0.3 is 5.97 Å². The van der Waals surface area contributed by atoms with Gasteiger partial charge in [0.1, 0.15) is 11.6 Å². The summed E-state index contributed by atoms with van der Waals surface area (Å²) in [7, 11) is 0. The maximum atomic E-state index is 11.8. The van der Waals surface area contributed by atoms with Gasteiger partial charge in [-0.25, -0.2) is 4.79 Å². The molecule has 2 aromatic rings. The second-order valence-electron chi connectivity index (χ2n) is 4.18. The van der Waals surface area contributed by atoms with Crippen LogP contribution in [0.15, 0.2) is 29.1 Å². The third kappa shape index (κ3) is 2.58. The van der Waals surface area contributed by atoms with E-state index in [0.29, 0.717) is 20.4 Å². The lowest BCUT2D eigenvalue weighted by Gasteiger charge is -2.07. The molecule has 1 aromatic heterocycles. The van der Waals surface area contributed by atoms with Crippen molar-refractivity contribution < 1.29 is 9.90 Å². The lowest BCUT2D eigenvalue weighted by atomic mass is 10.00. The molecular weight excluding hydrogens is 371 g/mol. The summed E-state index contributed by atoms with van der Waals surface area (Å²) in [6, 6.07) is 8.30. The van der Waals surface area contributed by atoms with E-state index >= 15 is 0 Å². The van der Waals surface area contributed by atoms with Crippen molar-refractivity contribution in [3.05, 3.63) is 55.0 Å². The predicted octanol–water partition coefficient (Wildman–Crippen LogP) is 2.52. The first-order valence-electron chi connectivity index (χ1n) is 5.61. The maximum Gasteiger partial charge on any atom is 0.336 e. The summed E-state index contributed by atoms with van der Waals surface area (Å²) < 4.78 is 0.550. The highest BCUT2D eigenvalue weighted by atomic mass is 127. The van der Waals surface area contributed by atoms with Crippen molar-refractivity contribution in [2.24, 2.45) is 0 Å². The van der Waals surface area contributed by atoms with Gasteiger partial charge in [-0.3, -0.25) is 4.79 Å². The number of nitrogens with zero attached hydrogens (tertiary/aromatic N) is 1. The summed E-state index contributed by atoms with van der Waals surface area (Å²) in [4.78, 5) is 25.3. The first kappa shape index (κ1) is 14.3. The maximum absolute atomic E-state index is 11.8. The molecule has 0 fully saturated rings. The number of rotatable bonds is 2. The number of carboxylic acids is 1. The number of halogens is 1. The third-order valence-electron chi connectivity index (χ3n) is 2.79. The Kier molecular flexibility index (Phi) is 3.90. The Morgan fingerprint density at radius 1 is 1.40 bits per heavy atom. The summed E-state index contributed by atoms with van der Waals surface area (Å²) in [6.45, 7) is 1.72. The van der Waals surface area contributed by atoms with Crippen molar-refractivity contribution >= 4 is 28.6 Å². The molecule has 2 N–H and O–H groups in total. The lowest BCUT2D eigenvalue weighted by molar-refractivity contribution is 0.0696. The number of hydrogen-bond acceptors (Lipinski definition) is 3. The molecule has 1 heterocycles. The monoisotopic (exact) mass is 380 g/mol. The predicted molar refractivity (Wildman–Crippen MR) is 81.6 cm³/mol. The fraction of sp³-hybridized carbons (Fsp3) is 0.0714. The molecule has 0 radical (unpaired) electrons. The summed E-state index contributed by atoms with van der Waals surface area (Å²) in [5, 5.41) is 18.1. The van der Waals surface area contributed by atoms with Crippen LogP contribution in [0, 0.1) is 21.8 Å². The average molecular weight is 380 g/mol. The second kappa shape index (κ2) is 5.46. The minimum atomic E-state index is -1.01. The van der Waals surface area contributed by atoms with E-state index in [4.69, 9.17) is 10.4 Å². The molecule has 0 aliphatic carbocycles. The molecule has 0 atom stereocenters. The lowest BCUT2D eigenvalue weighted by Crippen LogP contribution is -2.12. The molecule has 0 amide bonds. The van der Waals surface area contributed by atoms with Gasteiger partial charge in [-0.05, 0) is 53.3 Å². The number of hydrogen-bond donors (Lipinski definition) is 2. The molecule has 100 valence electrons. The Bertz CT molecular complexity index is 803. The zero-order valence-electron chi connectivity index (χ0n) is 10.4. The number of pyridine rings is 1. The van der Waals surface area contributed by atoms with Gasteiger partial charge in [0, 0.05) is 14.8 Å². The van der Waals surface area contributed by atoms with Crippen molar-refractivity contribution in [3.8, 4) is 17.2 Å². The van der Waals surface area contributed by atoms with E-state index in [1.807, 2.05) is 28.7 Å². The Morgan fingerprint density at radius 2 is 2.10 bits per heavy atom. The van der Waals surface area contributed by atoms with E-state index in [1.54, 1.807) is 25.1 Å². The van der Waals surface area contributed by atoms with E-state index in [0.717, 1.165) is 0 Å². The van der Waals surface area contributed by atoms with Gasteiger partial charge < -0.3 is 10.1 Å². The summed E-state index contributed by atoms with van der Waals surface area (Å²) in [5.74, 6) is -1.01. The molecule has 6 heteroatoms. The highest BCUT2D eigenvalue weighted by Gasteiger charge is 2.13. The average Bonchev–Trinajstić information content (AvgIpc) is 2.37. The molecule has 5 nitrogen and oxygen atoms in total. The number of nitrogens with one attached hydrogen (secondary N) is 1. The molecule has 0 saturated carbocycles. The van der Waals surface area contributed by atoms with E-state index in [-0.39, 0.29) is 11.1 Å². The number of carbonyl (C=O) groups is 1.